The third-order valence-electron chi connectivity index (χ3n) is 11.4. The number of hydrogen-bond donors (Lipinski definition) is 2. The summed E-state index contributed by atoms with van der Waals surface area (Å²) >= 11 is 11.3. The summed E-state index contributed by atoms with van der Waals surface area (Å²) in [6.07, 6.45) is 13.0. The van der Waals surface area contributed by atoms with Gasteiger partial charge < -0.3 is 32.4 Å². The summed E-state index contributed by atoms with van der Waals surface area (Å²) in [6, 6.07) is 51.8. The zero-order valence-electron chi connectivity index (χ0n) is 39.5. The molecule has 330 valence electrons. The van der Waals surface area contributed by atoms with E-state index < -0.39 is 20.6 Å². The largest absolute Gasteiger partial charge is 1.00 e. The molecule has 4 aliphatic rings. The second kappa shape index (κ2) is 31.5. The van der Waals surface area contributed by atoms with Gasteiger partial charge in [0.2, 0.25) is 0 Å². The van der Waals surface area contributed by atoms with E-state index in [-0.39, 0.29) is 56.6 Å². The Bertz CT molecular complexity index is 2240. The molecule has 0 radical (unpaired) electrons. The van der Waals surface area contributed by atoms with E-state index in [4.69, 9.17) is 22.5 Å². The number of benzene rings is 6. The number of halogens is 2. The quantitative estimate of drug-likeness (QED) is 0.159. The number of carbonyl (C=O) groups excluding carboxylic acids is 1. The van der Waals surface area contributed by atoms with Gasteiger partial charge in [-0.05, 0) is 105 Å². The molecule has 1 aliphatic carbocycles. The Morgan fingerprint density at radius 1 is 0.636 bits per heavy atom. The molecule has 3 heterocycles. The van der Waals surface area contributed by atoms with Gasteiger partial charge in [0.1, 0.15) is 12.7 Å². The van der Waals surface area contributed by atoms with Gasteiger partial charge in [-0.3, -0.25) is 0 Å². The topological polar surface area (TPSA) is 67.4 Å². The third-order valence-corrected chi connectivity index (χ3v) is 15.8. The molecule has 2 N–H and O–H groups in total. The van der Waals surface area contributed by atoms with Gasteiger partial charge in [0.25, 0.3) is 0 Å². The number of unbranched alkanes of at least 4 members (excludes halogenated alkanes) is 1. The van der Waals surface area contributed by atoms with Crippen molar-refractivity contribution in [2.75, 3.05) is 35.2 Å². The van der Waals surface area contributed by atoms with Crippen molar-refractivity contribution < 1.29 is 66.5 Å². The maximum Gasteiger partial charge on any atom is 1.00 e. The maximum atomic E-state index is 10.7. The van der Waals surface area contributed by atoms with E-state index >= 15 is 0 Å². The summed E-state index contributed by atoms with van der Waals surface area (Å²) in [7, 11) is -0.538. The van der Waals surface area contributed by atoms with Crippen LogP contribution in [-0.2, 0) is 32.1 Å². The number of carboxylic acid groups (broad SMARTS) is 1. The molecule has 6 aromatic rings. The fourth-order valence-corrected chi connectivity index (χ4v) is 12.0. The van der Waals surface area contributed by atoms with E-state index in [1.54, 1.807) is 22.5 Å². The Kier molecular flexibility index (Phi) is 27.6. The number of nitrogens with one attached hydrogen (secondary N) is 2. The van der Waals surface area contributed by atoms with Crippen LogP contribution >= 0.6 is 37.0 Å². The van der Waals surface area contributed by atoms with Gasteiger partial charge in [0.05, 0.1) is 0 Å². The predicted octanol–water partition coefficient (Wildman–Crippen LogP) is 3.04. The Labute approximate surface area is 443 Å². The number of aryl methyl sites for hydroxylation is 4. The van der Waals surface area contributed by atoms with Crippen LogP contribution in [0.4, 0.5) is 21.9 Å². The molecule has 1 unspecified atom stereocenters. The summed E-state index contributed by atoms with van der Waals surface area (Å²) in [6.45, 7) is 7.52. The SMILES string of the molecule is ClP(Cl)c1ccccc1.O=C([O-])N1CCCc2ccc[c-]c21.[CH2-]CCC.[Li+].[Li+].[Li+].c1ccc(P(c2cccc3c2CCCC3)c2cccc3c2NCCC3)cc1.c1ccc2c(c1)CCCN2. The van der Waals surface area contributed by atoms with E-state index in [9.17, 15) is 9.90 Å². The standard InChI is InChI=1S/C25H26NP.C10H10NO2.C9H11N.C6H5Cl2P.C4H9.3Li/c1-2-13-21(14-3-1)27(23-16-6-10-19-9-4-5-15-22(19)23)24-17-7-11-20-12-8-18-26-25(20)24;12-10(13)11-7-3-5-8-4-1-2-6-9(8)11;1-2-6-9-8(4-1)5-3-7-10-9;7-9(8)6-4-2-1-3-5-6;1-3-4-2;;;/h1-3,6-7,10-11,13-14,16-17,26H,4-5,8-9,12,15,18H2;1-2,4H,3,5,7H2,(H,12,13);1-2,4,6,10H,3,5,7H2;1-5H;1,3-4H2,2H3;;;/q;-1;;;-1;3*+1/p-1. The van der Waals surface area contributed by atoms with Crippen LogP contribution in [0.15, 0.2) is 140 Å². The Balaban J connectivity index is 0.000000248. The summed E-state index contributed by atoms with van der Waals surface area (Å²) in [5.74, 6) is 0. The van der Waals surface area contributed by atoms with Crippen molar-refractivity contribution in [3.63, 3.8) is 0 Å². The van der Waals surface area contributed by atoms with Gasteiger partial charge in [0, 0.05) is 41.6 Å². The molecule has 0 fully saturated rings. The van der Waals surface area contributed by atoms with E-state index in [0.717, 1.165) is 43.2 Å². The van der Waals surface area contributed by atoms with E-state index in [2.05, 4.69) is 122 Å². The molecule has 3 aliphatic heterocycles. The van der Waals surface area contributed by atoms with Crippen LogP contribution in [0.1, 0.15) is 79.7 Å². The first kappa shape index (κ1) is 57.7. The predicted molar refractivity (Wildman–Crippen MR) is 273 cm³/mol. The van der Waals surface area contributed by atoms with Crippen LogP contribution < -0.4 is 98.4 Å². The van der Waals surface area contributed by atoms with Crippen molar-refractivity contribution in [1.82, 2.24) is 0 Å². The van der Waals surface area contributed by atoms with Gasteiger partial charge in [0.15, 0.2) is 0 Å². The molecule has 0 spiro atoms. The Morgan fingerprint density at radius 2 is 1.18 bits per heavy atom. The number of carbonyl (C=O) groups is 1. The molecule has 0 saturated carbocycles. The number of anilines is 3. The molecule has 1 atom stereocenters. The molecular weight excluding hydrogens is 876 g/mol. The van der Waals surface area contributed by atoms with E-state index in [0.29, 0.717) is 12.2 Å². The first-order chi connectivity index (χ1) is 30.9. The van der Waals surface area contributed by atoms with Crippen molar-refractivity contribution in [1.29, 1.82) is 0 Å². The van der Waals surface area contributed by atoms with E-state index in [1.165, 1.54) is 95.8 Å². The van der Waals surface area contributed by atoms with Crippen molar-refractivity contribution in [2.24, 2.45) is 0 Å². The summed E-state index contributed by atoms with van der Waals surface area (Å²) in [4.78, 5) is 12.0. The average Bonchev–Trinajstić information content (AvgIpc) is 3.35. The average molecular weight is 937 g/mol. The second-order valence-electron chi connectivity index (χ2n) is 15.8. The molecule has 10 rings (SSSR count). The first-order valence-corrected chi connectivity index (χ1v) is 27.0. The number of hydrogen-bond acceptors (Lipinski definition) is 4. The zero-order valence-corrected chi connectivity index (χ0v) is 42.8. The monoisotopic (exact) mass is 935 g/mol. The minimum Gasteiger partial charge on any atom is -0.530 e. The van der Waals surface area contributed by atoms with Crippen molar-refractivity contribution >= 4 is 81.4 Å². The van der Waals surface area contributed by atoms with Gasteiger partial charge >= 0.3 is 56.6 Å². The zero-order chi connectivity index (χ0) is 44.2. The van der Waals surface area contributed by atoms with E-state index in [1.807, 2.05) is 42.5 Å². The van der Waals surface area contributed by atoms with Crippen LogP contribution in [0, 0.1) is 13.0 Å². The number of para-hydroxylation sites is 3. The molecule has 5 nitrogen and oxygen atoms in total. The summed E-state index contributed by atoms with van der Waals surface area (Å²) < 4.78 is 0. The van der Waals surface area contributed by atoms with Gasteiger partial charge in [-0.15, -0.1) is 5.56 Å². The third kappa shape index (κ3) is 16.8. The van der Waals surface area contributed by atoms with Crippen LogP contribution in [0.3, 0.4) is 0 Å². The van der Waals surface area contributed by atoms with Gasteiger partial charge in [-0.25, -0.2) is 0 Å². The number of nitrogens with zero attached hydrogens (tertiary/aromatic N) is 1. The van der Waals surface area contributed by atoms with Gasteiger partial charge in [-0.2, -0.15) is 30.7 Å². The normalized spacial score (nSPS) is 14.0. The van der Waals surface area contributed by atoms with Gasteiger partial charge in [-0.1, -0.05) is 163 Å². The molecule has 0 bridgehead atoms. The van der Waals surface area contributed by atoms with Crippen molar-refractivity contribution in [3.05, 3.63) is 180 Å². The van der Waals surface area contributed by atoms with Crippen LogP contribution in [-0.4, -0.2) is 25.7 Å². The minimum atomic E-state index is -1.14. The fraction of sp³-hybridized carbons (Fsp3) is 0.296. The summed E-state index contributed by atoms with van der Waals surface area (Å²) in [5, 5.41) is 23.4. The van der Waals surface area contributed by atoms with Crippen molar-refractivity contribution in [2.45, 2.75) is 84.0 Å². The first-order valence-electron chi connectivity index (χ1n) is 22.5. The number of fused-ring (bicyclic) bond motifs is 4. The van der Waals surface area contributed by atoms with Crippen molar-refractivity contribution in [3.8, 4) is 0 Å². The number of rotatable bonds is 5. The molecule has 66 heavy (non-hydrogen) atoms. The maximum absolute atomic E-state index is 10.7. The molecule has 12 heteroatoms. The molecule has 1 amide bonds. The Morgan fingerprint density at radius 3 is 1.83 bits per heavy atom. The molecule has 0 aromatic heterocycles. The van der Waals surface area contributed by atoms with Crippen LogP contribution in [0.5, 0.6) is 0 Å². The van der Waals surface area contributed by atoms with Crippen LogP contribution in [0.2, 0.25) is 0 Å². The molecule has 6 aromatic carbocycles. The molecular formula is C54H60Cl2Li3N3O2P2. The molecule has 0 saturated heterocycles. The Hall–Kier alpha value is -2.58. The second-order valence-corrected chi connectivity index (χ2v) is 21.5. The van der Waals surface area contributed by atoms with Crippen LogP contribution in [0.25, 0.3) is 0 Å². The number of amides is 1. The summed E-state index contributed by atoms with van der Waals surface area (Å²) in [5.41, 5.74) is 10.6. The fourth-order valence-electron chi connectivity index (χ4n) is 8.22. The smallest absolute Gasteiger partial charge is 0.530 e. The minimum absolute atomic E-state index is 0.